The third kappa shape index (κ3) is 4.63. The number of aryl methyl sites for hydroxylation is 2. The number of hydrogen-bond acceptors (Lipinski definition) is 7. The first kappa shape index (κ1) is 22.4. The predicted octanol–water partition coefficient (Wildman–Crippen LogP) is 4.09. The Labute approximate surface area is 200 Å². The number of nitrogens with one attached hydrogen (secondary N) is 1. The van der Waals surface area contributed by atoms with Crippen molar-refractivity contribution in [1.29, 1.82) is 0 Å². The number of hydrogen-bond donors (Lipinski definition) is 1. The van der Waals surface area contributed by atoms with E-state index in [4.69, 9.17) is 0 Å². The van der Waals surface area contributed by atoms with Crippen LogP contribution >= 0.6 is 0 Å². The molecule has 1 N–H and O–H groups in total. The second-order valence-electron chi connectivity index (χ2n) is 10.1. The molecule has 0 radical (unpaired) electrons. The summed E-state index contributed by atoms with van der Waals surface area (Å²) in [6, 6.07) is 6.70. The summed E-state index contributed by atoms with van der Waals surface area (Å²) >= 11 is 0. The Kier molecular flexibility index (Phi) is 5.77. The van der Waals surface area contributed by atoms with E-state index in [9.17, 15) is 0 Å². The molecule has 1 saturated heterocycles. The summed E-state index contributed by atoms with van der Waals surface area (Å²) in [5, 5.41) is 12.5. The van der Waals surface area contributed by atoms with Crippen molar-refractivity contribution in [3.63, 3.8) is 0 Å². The fourth-order valence-corrected chi connectivity index (χ4v) is 4.63. The van der Waals surface area contributed by atoms with Gasteiger partial charge in [-0.1, -0.05) is 13.0 Å². The Morgan fingerprint density at radius 3 is 2.56 bits per heavy atom. The van der Waals surface area contributed by atoms with Crippen LogP contribution in [0.15, 0.2) is 43.0 Å². The van der Waals surface area contributed by atoms with E-state index >= 15 is 0 Å². The minimum absolute atomic E-state index is 0.100. The van der Waals surface area contributed by atoms with Gasteiger partial charge in [-0.2, -0.15) is 0 Å². The summed E-state index contributed by atoms with van der Waals surface area (Å²) in [4.78, 5) is 16.1. The predicted molar refractivity (Wildman–Crippen MR) is 135 cm³/mol. The molecule has 5 heterocycles. The number of pyridine rings is 2. The lowest BCUT2D eigenvalue weighted by Gasteiger charge is -2.25. The van der Waals surface area contributed by atoms with E-state index in [-0.39, 0.29) is 5.54 Å². The van der Waals surface area contributed by atoms with Gasteiger partial charge in [0.25, 0.3) is 0 Å². The highest BCUT2D eigenvalue weighted by Crippen LogP contribution is 2.25. The second-order valence-corrected chi connectivity index (χ2v) is 10.1. The van der Waals surface area contributed by atoms with Crippen molar-refractivity contribution in [3.8, 4) is 22.5 Å². The molecule has 176 valence electrons. The highest BCUT2D eigenvalue weighted by Gasteiger charge is 2.27. The van der Waals surface area contributed by atoms with E-state index in [1.165, 1.54) is 5.56 Å². The zero-order chi connectivity index (χ0) is 23.9. The topological polar surface area (TPSA) is 84.1 Å². The molecule has 0 amide bonds. The quantitative estimate of drug-likeness (QED) is 0.484. The Balaban J connectivity index is 1.32. The average Bonchev–Trinajstić information content (AvgIpc) is 3.43. The lowest BCUT2D eigenvalue weighted by molar-refractivity contribution is 0.373. The summed E-state index contributed by atoms with van der Waals surface area (Å²) in [6.45, 7) is 12.6. The standard InChI is InChI=1S/C26H32N8/c1-6-18-11-20(15-34-14-17(2)29-24(18)34)19-7-8-22(27-12-19)23-13-28-25(32-31-23)33-10-9-21(16-33)30-26(3,4)5/h7-8,11-15,21,30H,6,9-10,16H2,1-5H3/t21-/m1/s1. The lowest BCUT2D eigenvalue weighted by atomic mass is 10.1. The number of aromatic nitrogens is 6. The number of fused-ring (bicyclic) bond motifs is 1. The SMILES string of the molecule is CCc1cc(-c2ccc(-c3cnc(N4CC[C@@H](NC(C)(C)C)C4)nn3)nc2)cn2cc(C)nc12. The van der Waals surface area contributed by atoms with Crippen molar-refractivity contribution in [2.75, 3.05) is 18.0 Å². The fraction of sp³-hybridized carbons (Fsp3) is 0.423. The van der Waals surface area contributed by atoms with Gasteiger partial charge >= 0.3 is 0 Å². The van der Waals surface area contributed by atoms with Crippen LogP contribution in [0.3, 0.4) is 0 Å². The van der Waals surface area contributed by atoms with E-state index in [0.29, 0.717) is 17.7 Å². The Morgan fingerprint density at radius 2 is 1.88 bits per heavy atom. The van der Waals surface area contributed by atoms with E-state index in [2.05, 4.69) is 92.0 Å². The number of anilines is 1. The first-order valence-corrected chi connectivity index (χ1v) is 12.0. The third-order valence-electron chi connectivity index (χ3n) is 6.15. The molecule has 8 heteroatoms. The lowest BCUT2D eigenvalue weighted by Crippen LogP contribution is -2.45. The van der Waals surface area contributed by atoms with Gasteiger partial charge in [-0.3, -0.25) is 4.98 Å². The van der Waals surface area contributed by atoms with Crippen LogP contribution in [0.4, 0.5) is 5.95 Å². The van der Waals surface area contributed by atoms with Crippen LogP contribution in [0.2, 0.25) is 0 Å². The molecule has 0 unspecified atom stereocenters. The van der Waals surface area contributed by atoms with Crippen LogP contribution in [-0.2, 0) is 6.42 Å². The summed E-state index contributed by atoms with van der Waals surface area (Å²) < 4.78 is 2.10. The van der Waals surface area contributed by atoms with Crippen molar-refractivity contribution in [3.05, 3.63) is 54.2 Å². The van der Waals surface area contributed by atoms with Gasteiger partial charge in [0.05, 0.1) is 17.6 Å². The molecule has 0 spiro atoms. The van der Waals surface area contributed by atoms with Crippen molar-refractivity contribution < 1.29 is 0 Å². The van der Waals surface area contributed by atoms with Crippen molar-refractivity contribution >= 4 is 11.6 Å². The number of nitrogens with zero attached hydrogens (tertiary/aromatic N) is 7. The van der Waals surface area contributed by atoms with E-state index in [0.717, 1.165) is 54.1 Å². The maximum absolute atomic E-state index is 4.65. The van der Waals surface area contributed by atoms with Gasteiger partial charge in [0.2, 0.25) is 5.95 Å². The van der Waals surface area contributed by atoms with Gasteiger partial charge < -0.3 is 14.6 Å². The summed E-state index contributed by atoms with van der Waals surface area (Å²) in [7, 11) is 0. The van der Waals surface area contributed by atoms with Crippen LogP contribution in [0.1, 0.15) is 45.4 Å². The molecule has 4 aromatic rings. The zero-order valence-electron chi connectivity index (χ0n) is 20.6. The Morgan fingerprint density at radius 1 is 1.03 bits per heavy atom. The molecule has 4 aromatic heterocycles. The third-order valence-corrected chi connectivity index (χ3v) is 6.15. The van der Waals surface area contributed by atoms with E-state index in [1.807, 2.05) is 19.2 Å². The molecule has 1 fully saturated rings. The number of imidazole rings is 1. The number of rotatable bonds is 5. The Bertz CT molecular complexity index is 1290. The van der Waals surface area contributed by atoms with Crippen LogP contribution in [0.5, 0.6) is 0 Å². The molecule has 0 aliphatic carbocycles. The largest absolute Gasteiger partial charge is 0.338 e. The van der Waals surface area contributed by atoms with Crippen LogP contribution in [0.25, 0.3) is 28.2 Å². The summed E-state index contributed by atoms with van der Waals surface area (Å²) in [5.74, 6) is 0.676. The molecule has 1 aliphatic heterocycles. The molecule has 0 saturated carbocycles. The van der Waals surface area contributed by atoms with Crippen LogP contribution in [0, 0.1) is 6.92 Å². The minimum atomic E-state index is 0.100. The summed E-state index contributed by atoms with van der Waals surface area (Å²) in [6.07, 6.45) is 9.83. The van der Waals surface area contributed by atoms with Crippen molar-refractivity contribution in [2.45, 2.75) is 59.0 Å². The van der Waals surface area contributed by atoms with Crippen molar-refractivity contribution in [2.24, 2.45) is 0 Å². The molecule has 8 nitrogen and oxygen atoms in total. The molecule has 34 heavy (non-hydrogen) atoms. The van der Waals surface area contributed by atoms with Gasteiger partial charge in [0, 0.05) is 54.4 Å². The summed E-state index contributed by atoms with van der Waals surface area (Å²) in [5.41, 5.74) is 6.98. The average molecular weight is 457 g/mol. The second kappa shape index (κ2) is 8.76. The van der Waals surface area contributed by atoms with Crippen LogP contribution in [-0.4, -0.2) is 54.2 Å². The molecule has 0 aromatic carbocycles. The Hall–Kier alpha value is -3.39. The maximum atomic E-state index is 4.65. The van der Waals surface area contributed by atoms with Crippen molar-refractivity contribution in [1.82, 2.24) is 34.9 Å². The smallest absolute Gasteiger partial charge is 0.245 e. The molecular weight excluding hydrogens is 424 g/mol. The molecule has 1 aliphatic rings. The zero-order valence-corrected chi connectivity index (χ0v) is 20.6. The van der Waals surface area contributed by atoms with E-state index < -0.39 is 0 Å². The minimum Gasteiger partial charge on any atom is -0.338 e. The van der Waals surface area contributed by atoms with Gasteiger partial charge in [-0.15, -0.1) is 10.2 Å². The normalized spacial score (nSPS) is 16.5. The highest BCUT2D eigenvalue weighted by atomic mass is 15.3. The molecule has 1 atom stereocenters. The van der Waals surface area contributed by atoms with Gasteiger partial charge in [0.15, 0.2) is 0 Å². The maximum Gasteiger partial charge on any atom is 0.245 e. The first-order chi connectivity index (χ1) is 16.3. The van der Waals surface area contributed by atoms with E-state index in [1.54, 1.807) is 6.20 Å². The van der Waals surface area contributed by atoms with Gasteiger partial charge in [0.1, 0.15) is 11.3 Å². The van der Waals surface area contributed by atoms with Gasteiger partial charge in [-0.25, -0.2) is 9.97 Å². The molecular formula is C26H32N8. The molecule has 5 rings (SSSR count). The van der Waals surface area contributed by atoms with Gasteiger partial charge in [-0.05, 0) is 58.2 Å². The highest BCUT2D eigenvalue weighted by molar-refractivity contribution is 5.68. The van der Waals surface area contributed by atoms with Crippen LogP contribution < -0.4 is 10.2 Å². The molecule has 0 bridgehead atoms. The monoisotopic (exact) mass is 456 g/mol. The first-order valence-electron chi connectivity index (χ1n) is 12.0. The fourth-order valence-electron chi connectivity index (χ4n) is 4.63.